The van der Waals surface area contributed by atoms with Crippen molar-refractivity contribution in [1.29, 1.82) is 0 Å². The summed E-state index contributed by atoms with van der Waals surface area (Å²) in [5, 5.41) is 2.46. The van der Waals surface area contributed by atoms with Crippen LogP contribution in [-0.2, 0) is 14.3 Å². The van der Waals surface area contributed by atoms with Gasteiger partial charge < -0.3 is 14.8 Å². The Morgan fingerprint density at radius 3 is 2.00 bits per heavy atom. The summed E-state index contributed by atoms with van der Waals surface area (Å²) < 4.78 is 9.64. The highest BCUT2D eigenvalue weighted by molar-refractivity contribution is 5.86. The van der Waals surface area contributed by atoms with E-state index in [0.717, 1.165) is 0 Å². The zero-order chi connectivity index (χ0) is 12.0. The van der Waals surface area contributed by atoms with Gasteiger partial charge in [-0.25, -0.2) is 4.79 Å². The van der Waals surface area contributed by atoms with Crippen LogP contribution in [0.1, 0.15) is 20.8 Å². The Bertz CT molecular complexity index is 227. The molecule has 0 saturated heterocycles. The van der Waals surface area contributed by atoms with Crippen molar-refractivity contribution >= 4 is 11.9 Å². The van der Waals surface area contributed by atoms with Crippen molar-refractivity contribution in [1.82, 2.24) is 5.32 Å². The molecule has 88 valence electrons. The molecule has 0 saturated carbocycles. The van der Waals surface area contributed by atoms with Gasteiger partial charge in [0.1, 0.15) is 6.04 Å². The quantitative estimate of drug-likeness (QED) is 0.745. The lowest BCUT2D eigenvalue weighted by molar-refractivity contribution is -0.123. The molecule has 0 aliphatic rings. The molecule has 0 radical (unpaired) electrons. The molecule has 0 fully saturated rings. The molecule has 1 N–H and O–H groups in total. The van der Waals surface area contributed by atoms with E-state index in [2.05, 4.69) is 10.1 Å². The molecule has 0 heterocycles. The first-order chi connectivity index (χ1) is 6.93. The first kappa shape index (κ1) is 13.9. The van der Waals surface area contributed by atoms with E-state index in [4.69, 9.17) is 4.74 Å². The maximum absolute atomic E-state index is 11.3. The topological polar surface area (TPSA) is 64.6 Å². The van der Waals surface area contributed by atoms with Crippen LogP contribution in [0.25, 0.3) is 0 Å². The van der Waals surface area contributed by atoms with Gasteiger partial charge in [-0.2, -0.15) is 0 Å². The predicted molar refractivity (Wildman–Crippen MR) is 55.6 cm³/mol. The van der Waals surface area contributed by atoms with Gasteiger partial charge in [-0.3, -0.25) is 4.79 Å². The number of rotatable bonds is 5. The smallest absolute Gasteiger partial charge is 0.407 e. The number of ketones is 1. The van der Waals surface area contributed by atoms with E-state index in [1.54, 1.807) is 0 Å². The Balaban J connectivity index is 4.63. The van der Waals surface area contributed by atoms with Crippen LogP contribution in [0.5, 0.6) is 0 Å². The van der Waals surface area contributed by atoms with E-state index in [1.807, 2.05) is 13.8 Å². The Morgan fingerprint density at radius 1 is 1.20 bits per heavy atom. The maximum atomic E-state index is 11.3. The first-order valence-corrected chi connectivity index (χ1v) is 4.81. The molecular formula is C10H19NO4. The molecule has 0 aliphatic heterocycles. The third-order valence-electron chi connectivity index (χ3n) is 2.15. The zero-order valence-corrected chi connectivity index (χ0v) is 9.87. The fourth-order valence-corrected chi connectivity index (χ4v) is 1.39. The van der Waals surface area contributed by atoms with E-state index >= 15 is 0 Å². The van der Waals surface area contributed by atoms with Gasteiger partial charge in [0.2, 0.25) is 0 Å². The molecule has 0 spiro atoms. The Kier molecular flexibility index (Phi) is 5.93. The van der Waals surface area contributed by atoms with Gasteiger partial charge in [-0.05, 0) is 12.8 Å². The lowest BCUT2D eigenvalue weighted by Gasteiger charge is -2.27. The van der Waals surface area contributed by atoms with Crippen molar-refractivity contribution in [2.75, 3.05) is 14.2 Å². The fraction of sp³-hybridized carbons (Fsp3) is 0.800. The summed E-state index contributed by atoms with van der Waals surface area (Å²) in [4.78, 5) is 22.4. The standard InChI is InChI=1S/C10H19NO4/c1-6(2)9(14-4)8(7(3)12)11-10(13)15-5/h6,8-9H,1-5H3,(H,11,13)/t8-,9+/m1/s1. The summed E-state index contributed by atoms with van der Waals surface area (Å²) in [6, 6.07) is -0.664. The normalized spacial score (nSPS) is 14.5. The summed E-state index contributed by atoms with van der Waals surface area (Å²) in [7, 11) is 2.77. The molecule has 5 nitrogen and oxygen atoms in total. The van der Waals surface area contributed by atoms with Gasteiger partial charge in [0.15, 0.2) is 5.78 Å². The van der Waals surface area contributed by atoms with Gasteiger partial charge in [0.25, 0.3) is 0 Å². The second-order valence-corrected chi connectivity index (χ2v) is 3.67. The molecule has 0 rings (SSSR count). The van der Waals surface area contributed by atoms with Crippen LogP contribution in [0.4, 0.5) is 4.79 Å². The molecule has 0 aromatic heterocycles. The second kappa shape index (κ2) is 6.40. The van der Waals surface area contributed by atoms with Crippen molar-refractivity contribution < 1.29 is 19.1 Å². The SMILES string of the molecule is COC(=O)N[C@H](C(C)=O)[C@@H](OC)C(C)C. The minimum atomic E-state index is -0.664. The first-order valence-electron chi connectivity index (χ1n) is 4.81. The van der Waals surface area contributed by atoms with E-state index in [9.17, 15) is 9.59 Å². The molecule has 1 amide bonds. The lowest BCUT2D eigenvalue weighted by Crippen LogP contribution is -2.50. The molecule has 2 atom stereocenters. The van der Waals surface area contributed by atoms with Crippen molar-refractivity contribution in [2.24, 2.45) is 5.92 Å². The van der Waals surface area contributed by atoms with E-state index < -0.39 is 12.1 Å². The summed E-state index contributed by atoms with van der Waals surface area (Å²) in [5.41, 5.74) is 0. The lowest BCUT2D eigenvalue weighted by atomic mass is 9.97. The summed E-state index contributed by atoms with van der Waals surface area (Å²) in [6.45, 7) is 5.25. The molecule has 5 heteroatoms. The summed E-state index contributed by atoms with van der Waals surface area (Å²) >= 11 is 0. The number of carbonyl (C=O) groups excluding carboxylic acids is 2. The van der Waals surface area contributed by atoms with Crippen molar-refractivity contribution in [3.8, 4) is 0 Å². The minimum Gasteiger partial charge on any atom is -0.453 e. The maximum Gasteiger partial charge on any atom is 0.407 e. The highest BCUT2D eigenvalue weighted by Gasteiger charge is 2.29. The van der Waals surface area contributed by atoms with Gasteiger partial charge in [0.05, 0.1) is 13.2 Å². The molecular weight excluding hydrogens is 198 g/mol. The highest BCUT2D eigenvalue weighted by atomic mass is 16.5. The number of carbonyl (C=O) groups is 2. The number of amides is 1. The Hall–Kier alpha value is -1.10. The largest absolute Gasteiger partial charge is 0.453 e. The van der Waals surface area contributed by atoms with Crippen LogP contribution in [-0.4, -0.2) is 38.2 Å². The van der Waals surface area contributed by atoms with Crippen molar-refractivity contribution in [2.45, 2.75) is 32.9 Å². The predicted octanol–water partition coefficient (Wildman–Crippen LogP) is 0.971. The Labute approximate surface area is 90.1 Å². The Morgan fingerprint density at radius 2 is 1.73 bits per heavy atom. The third-order valence-corrected chi connectivity index (χ3v) is 2.15. The monoisotopic (exact) mass is 217 g/mol. The second-order valence-electron chi connectivity index (χ2n) is 3.67. The van der Waals surface area contributed by atoms with E-state index in [0.29, 0.717) is 0 Å². The zero-order valence-electron chi connectivity index (χ0n) is 9.87. The molecule has 0 aromatic carbocycles. The number of nitrogens with one attached hydrogen (secondary N) is 1. The van der Waals surface area contributed by atoms with Crippen LogP contribution in [0, 0.1) is 5.92 Å². The minimum absolute atomic E-state index is 0.126. The number of hydrogen-bond donors (Lipinski definition) is 1. The molecule has 0 unspecified atom stereocenters. The number of hydrogen-bond acceptors (Lipinski definition) is 4. The fourth-order valence-electron chi connectivity index (χ4n) is 1.39. The van der Waals surface area contributed by atoms with Gasteiger partial charge in [-0.1, -0.05) is 13.8 Å². The molecule has 0 aromatic rings. The van der Waals surface area contributed by atoms with Crippen molar-refractivity contribution in [3.63, 3.8) is 0 Å². The van der Waals surface area contributed by atoms with Gasteiger partial charge in [-0.15, -0.1) is 0 Å². The molecule has 0 aliphatic carbocycles. The number of methoxy groups -OCH3 is 2. The number of ether oxygens (including phenoxy) is 2. The summed E-state index contributed by atoms with van der Waals surface area (Å²) in [5.74, 6) is -0.0259. The average molecular weight is 217 g/mol. The number of Topliss-reactive ketones (excluding diaryl/α,β-unsaturated/α-hetero) is 1. The van der Waals surface area contributed by atoms with Crippen LogP contribution in [0.15, 0.2) is 0 Å². The van der Waals surface area contributed by atoms with Crippen LogP contribution in [0.3, 0.4) is 0 Å². The van der Waals surface area contributed by atoms with Crippen molar-refractivity contribution in [3.05, 3.63) is 0 Å². The molecule has 0 bridgehead atoms. The summed E-state index contributed by atoms with van der Waals surface area (Å²) in [6.07, 6.45) is -0.973. The van der Waals surface area contributed by atoms with E-state index in [1.165, 1.54) is 21.1 Å². The average Bonchev–Trinajstić information content (AvgIpc) is 2.16. The van der Waals surface area contributed by atoms with Crippen LogP contribution >= 0.6 is 0 Å². The number of alkyl carbamates (subject to hydrolysis) is 1. The van der Waals surface area contributed by atoms with E-state index in [-0.39, 0.29) is 17.8 Å². The third kappa shape index (κ3) is 4.29. The van der Waals surface area contributed by atoms with Gasteiger partial charge >= 0.3 is 6.09 Å². The van der Waals surface area contributed by atoms with Gasteiger partial charge in [0, 0.05) is 7.11 Å². The highest BCUT2D eigenvalue weighted by Crippen LogP contribution is 2.11. The van der Waals surface area contributed by atoms with Crippen LogP contribution < -0.4 is 5.32 Å². The van der Waals surface area contributed by atoms with Crippen LogP contribution in [0.2, 0.25) is 0 Å². The molecule has 15 heavy (non-hydrogen) atoms.